The van der Waals surface area contributed by atoms with Crippen molar-refractivity contribution in [1.82, 2.24) is 9.88 Å². The molecular weight excluding hydrogens is 288 g/mol. The maximum Gasteiger partial charge on any atom is 0.355 e. The Morgan fingerprint density at radius 3 is 2.67 bits per heavy atom. The first-order valence-corrected chi connectivity index (χ1v) is 7.64. The molecule has 3 rings (SSSR count). The molecule has 110 valence electrons. The molecule has 0 spiro atoms. The van der Waals surface area contributed by atoms with Crippen molar-refractivity contribution >= 4 is 17.3 Å². The quantitative estimate of drug-likeness (QED) is 0.939. The van der Waals surface area contributed by atoms with Crippen LogP contribution in [-0.2, 0) is 11.3 Å². The number of carboxylic acid groups (broad SMARTS) is 1. The number of nitrogens with zero attached hydrogens (tertiary/aromatic N) is 2. The van der Waals surface area contributed by atoms with E-state index in [4.69, 9.17) is 4.74 Å². The molecule has 0 bridgehead atoms. The van der Waals surface area contributed by atoms with Gasteiger partial charge in [0.05, 0.1) is 18.1 Å². The van der Waals surface area contributed by atoms with Gasteiger partial charge in [0.2, 0.25) is 0 Å². The second-order valence-corrected chi connectivity index (χ2v) is 5.93. The highest BCUT2D eigenvalue weighted by molar-refractivity contribution is 7.15. The zero-order valence-electron chi connectivity index (χ0n) is 11.5. The van der Waals surface area contributed by atoms with E-state index >= 15 is 0 Å². The average molecular weight is 304 g/mol. The number of benzene rings is 1. The van der Waals surface area contributed by atoms with E-state index in [1.165, 1.54) is 11.3 Å². The van der Waals surface area contributed by atoms with Crippen LogP contribution in [-0.4, -0.2) is 47.3 Å². The van der Waals surface area contributed by atoms with E-state index < -0.39 is 5.97 Å². The number of morpholine rings is 1. The zero-order chi connectivity index (χ0) is 14.7. The first kappa shape index (κ1) is 14.2. The summed E-state index contributed by atoms with van der Waals surface area (Å²) >= 11 is 1.46. The third-order valence-electron chi connectivity index (χ3n) is 3.39. The standard InChI is InChI=1S/C15H16N2O3S/c18-15(19)13-12(10-17-6-8-20-9-7-17)21-14(16-13)11-4-2-1-3-5-11/h1-5H,6-10H2,(H,18,19). The fourth-order valence-electron chi connectivity index (χ4n) is 2.29. The normalized spacial score (nSPS) is 16.0. The van der Waals surface area contributed by atoms with Crippen LogP contribution in [0.4, 0.5) is 0 Å². The van der Waals surface area contributed by atoms with Crippen LogP contribution in [0.15, 0.2) is 30.3 Å². The predicted octanol–water partition coefficient (Wildman–Crippen LogP) is 2.34. The monoisotopic (exact) mass is 304 g/mol. The summed E-state index contributed by atoms with van der Waals surface area (Å²) in [5.74, 6) is -0.961. The number of carboxylic acids is 1. The lowest BCUT2D eigenvalue weighted by Gasteiger charge is -2.25. The minimum Gasteiger partial charge on any atom is -0.476 e. The van der Waals surface area contributed by atoms with Crippen LogP contribution in [0.5, 0.6) is 0 Å². The minimum atomic E-state index is -0.961. The average Bonchev–Trinajstić information content (AvgIpc) is 2.93. The molecule has 1 aromatic carbocycles. The highest BCUT2D eigenvalue weighted by Crippen LogP contribution is 2.29. The van der Waals surface area contributed by atoms with Gasteiger partial charge < -0.3 is 9.84 Å². The summed E-state index contributed by atoms with van der Waals surface area (Å²) in [5.41, 5.74) is 1.13. The Labute approximate surface area is 126 Å². The molecular formula is C15H16N2O3S. The second kappa shape index (κ2) is 6.34. The first-order valence-electron chi connectivity index (χ1n) is 6.82. The molecule has 1 aromatic heterocycles. The summed E-state index contributed by atoms with van der Waals surface area (Å²) in [5, 5.41) is 10.1. The molecule has 1 fully saturated rings. The number of carbonyl (C=O) groups is 1. The second-order valence-electron chi connectivity index (χ2n) is 4.85. The lowest BCUT2D eigenvalue weighted by Crippen LogP contribution is -2.35. The molecule has 0 amide bonds. The van der Waals surface area contributed by atoms with Gasteiger partial charge in [0.15, 0.2) is 5.69 Å². The fraction of sp³-hybridized carbons (Fsp3) is 0.333. The molecule has 21 heavy (non-hydrogen) atoms. The van der Waals surface area contributed by atoms with Crippen molar-refractivity contribution in [1.29, 1.82) is 0 Å². The van der Waals surface area contributed by atoms with E-state index in [9.17, 15) is 9.90 Å². The van der Waals surface area contributed by atoms with Gasteiger partial charge >= 0.3 is 5.97 Å². The number of aromatic nitrogens is 1. The van der Waals surface area contributed by atoms with Gasteiger partial charge in [-0.25, -0.2) is 9.78 Å². The SMILES string of the molecule is O=C(O)c1nc(-c2ccccc2)sc1CN1CCOCC1. The summed E-state index contributed by atoms with van der Waals surface area (Å²) in [4.78, 5) is 18.7. The lowest BCUT2D eigenvalue weighted by atomic mass is 10.2. The summed E-state index contributed by atoms with van der Waals surface area (Å²) < 4.78 is 5.32. The van der Waals surface area contributed by atoms with Crippen molar-refractivity contribution in [2.75, 3.05) is 26.3 Å². The van der Waals surface area contributed by atoms with Gasteiger partial charge in [-0.3, -0.25) is 4.90 Å². The summed E-state index contributed by atoms with van der Waals surface area (Å²) in [7, 11) is 0. The van der Waals surface area contributed by atoms with Gasteiger partial charge in [-0.15, -0.1) is 11.3 Å². The highest BCUT2D eigenvalue weighted by Gasteiger charge is 2.21. The molecule has 0 radical (unpaired) electrons. The number of hydrogen-bond donors (Lipinski definition) is 1. The maximum atomic E-state index is 11.4. The smallest absolute Gasteiger partial charge is 0.355 e. The number of thiazole rings is 1. The van der Waals surface area contributed by atoms with Gasteiger partial charge in [0, 0.05) is 25.2 Å². The third kappa shape index (κ3) is 3.29. The fourth-order valence-corrected chi connectivity index (χ4v) is 3.39. The van der Waals surface area contributed by atoms with Gasteiger partial charge in [0.25, 0.3) is 0 Å². The summed E-state index contributed by atoms with van der Waals surface area (Å²) in [6.45, 7) is 3.68. The zero-order valence-corrected chi connectivity index (χ0v) is 12.3. The van der Waals surface area contributed by atoms with Crippen LogP contribution < -0.4 is 0 Å². The molecule has 1 aliphatic rings. The van der Waals surface area contributed by atoms with Crippen molar-refractivity contribution < 1.29 is 14.6 Å². The van der Waals surface area contributed by atoms with Crippen molar-refractivity contribution in [2.45, 2.75) is 6.54 Å². The van der Waals surface area contributed by atoms with Gasteiger partial charge in [0.1, 0.15) is 5.01 Å². The Kier molecular flexibility index (Phi) is 4.28. The highest BCUT2D eigenvalue weighted by atomic mass is 32.1. The molecule has 6 heteroatoms. The molecule has 0 aliphatic carbocycles. The summed E-state index contributed by atoms with van der Waals surface area (Å²) in [6, 6.07) is 9.69. The van der Waals surface area contributed by atoms with Crippen molar-refractivity contribution in [3.05, 3.63) is 40.9 Å². The molecule has 5 nitrogen and oxygen atoms in total. The molecule has 1 aliphatic heterocycles. The Morgan fingerprint density at radius 2 is 2.00 bits per heavy atom. The molecule has 1 saturated heterocycles. The van der Waals surface area contributed by atoms with Crippen LogP contribution in [0.1, 0.15) is 15.4 Å². The molecule has 2 aromatic rings. The van der Waals surface area contributed by atoms with Gasteiger partial charge in [-0.05, 0) is 0 Å². The minimum absolute atomic E-state index is 0.172. The Bertz CT molecular complexity index is 621. The van der Waals surface area contributed by atoms with Crippen molar-refractivity contribution in [2.24, 2.45) is 0 Å². The predicted molar refractivity (Wildman–Crippen MR) is 80.6 cm³/mol. The van der Waals surface area contributed by atoms with E-state index in [-0.39, 0.29) is 5.69 Å². The van der Waals surface area contributed by atoms with Gasteiger partial charge in [-0.1, -0.05) is 30.3 Å². The summed E-state index contributed by atoms with van der Waals surface area (Å²) in [6.07, 6.45) is 0. The molecule has 0 atom stereocenters. The molecule has 2 heterocycles. The topological polar surface area (TPSA) is 62.7 Å². The van der Waals surface area contributed by atoms with E-state index in [0.29, 0.717) is 19.8 Å². The van der Waals surface area contributed by atoms with E-state index in [2.05, 4.69) is 9.88 Å². The van der Waals surface area contributed by atoms with E-state index in [1.807, 2.05) is 30.3 Å². The number of aromatic carboxylic acids is 1. The number of hydrogen-bond acceptors (Lipinski definition) is 5. The Morgan fingerprint density at radius 1 is 1.29 bits per heavy atom. The molecule has 1 N–H and O–H groups in total. The number of rotatable bonds is 4. The van der Waals surface area contributed by atoms with Crippen LogP contribution >= 0.6 is 11.3 Å². The Hall–Kier alpha value is -1.76. The van der Waals surface area contributed by atoms with Crippen LogP contribution in [0, 0.1) is 0 Å². The maximum absolute atomic E-state index is 11.4. The van der Waals surface area contributed by atoms with Crippen LogP contribution in [0.3, 0.4) is 0 Å². The third-order valence-corrected chi connectivity index (χ3v) is 4.48. The lowest BCUT2D eigenvalue weighted by molar-refractivity contribution is 0.0343. The van der Waals surface area contributed by atoms with Gasteiger partial charge in [-0.2, -0.15) is 0 Å². The van der Waals surface area contributed by atoms with E-state index in [0.717, 1.165) is 28.5 Å². The molecule has 0 saturated carbocycles. The van der Waals surface area contributed by atoms with Crippen molar-refractivity contribution in [3.63, 3.8) is 0 Å². The largest absolute Gasteiger partial charge is 0.476 e. The Balaban J connectivity index is 1.88. The van der Waals surface area contributed by atoms with E-state index in [1.54, 1.807) is 0 Å². The first-order chi connectivity index (χ1) is 10.2. The van der Waals surface area contributed by atoms with Crippen molar-refractivity contribution in [3.8, 4) is 10.6 Å². The molecule has 0 unspecified atom stereocenters. The van der Waals surface area contributed by atoms with Crippen LogP contribution in [0.25, 0.3) is 10.6 Å². The number of ether oxygens (including phenoxy) is 1. The van der Waals surface area contributed by atoms with Crippen LogP contribution in [0.2, 0.25) is 0 Å².